The normalized spacial score (nSPS) is 19.5. The van der Waals surface area contributed by atoms with Crippen molar-refractivity contribution in [3.63, 3.8) is 0 Å². The number of rotatable bonds is 5. The highest BCUT2D eigenvalue weighted by atomic mass is 32.2. The van der Waals surface area contributed by atoms with E-state index in [1.165, 1.54) is 12.8 Å². The summed E-state index contributed by atoms with van der Waals surface area (Å²) in [4.78, 5) is 0. The number of hydrogen-bond donors (Lipinski definition) is 1. The molecule has 20 heavy (non-hydrogen) atoms. The summed E-state index contributed by atoms with van der Waals surface area (Å²) in [5.74, 6) is 0.192. The molecule has 1 aromatic rings. The third-order valence-corrected chi connectivity index (χ3v) is 5.79. The molecule has 1 aliphatic carbocycles. The Labute approximate surface area is 121 Å². The van der Waals surface area contributed by atoms with E-state index in [1.54, 1.807) is 4.31 Å². The monoisotopic (exact) mass is 294 g/mol. The zero-order chi connectivity index (χ0) is 14.0. The lowest BCUT2D eigenvalue weighted by molar-refractivity contribution is 0.584. The predicted octanol–water partition coefficient (Wildman–Crippen LogP) is 1.91. The van der Waals surface area contributed by atoms with E-state index < -0.39 is 10.0 Å². The summed E-state index contributed by atoms with van der Waals surface area (Å²) in [6.07, 6.45) is 5.34. The van der Waals surface area contributed by atoms with Gasteiger partial charge >= 0.3 is 0 Å². The number of fused-ring (bicyclic) bond motifs is 1. The second-order valence-corrected chi connectivity index (χ2v) is 7.72. The molecule has 2 aliphatic rings. The van der Waals surface area contributed by atoms with Crippen LogP contribution >= 0.6 is 0 Å². The van der Waals surface area contributed by atoms with Crippen LogP contribution in [0.25, 0.3) is 0 Å². The van der Waals surface area contributed by atoms with Crippen molar-refractivity contribution in [2.45, 2.75) is 38.1 Å². The molecule has 0 saturated heterocycles. The molecule has 3 rings (SSSR count). The van der Waals surface area contributed by atoms with Crippen molar-refractivity contribution >= 4 is 15.7 Å². The van der Waals surface area contributed by atoms with Crippen LogP contribution in [0.1, 0.15) is 31.2 Å². The standard InChI is InChI=1S/C15H22N2O2S/c18-20(19,12-10-16-14-8-9-14)17-11-4-3-6-13-5-1-2-7-15(13)17/h1-2,5,7,14,16H,3-4,6,8-12H2. The van der Waals surface area contributed by atoms with Gasteiger partial charge in [0, 0.05) is 19.1 Å². The Balaban J connectivity index is 1.76. The Morgan fingerprint density at radius 3 is 2.80 bits per heavy atom. The van der Waals surface area contributed by atoms with Crippen LogP contribution in [0.4, 0.5) is 5.69 Å². The Hall–Kier alpha value is -1.07. The maximum absolute atomic E-state index is 12.6. The molecule has 4 nitrogen and oxygen atoms in total. The van der Waals surface area contributed by atoms with Crippen LogP contribution in [0.5, 0.6) is 0 Å². The molecular weight excluding hydrogens is 272 g/mol. The number of aryl methyl sites for hydroxylation is 1. The highest BCUT2D eigenvalue weighted by Crippen LogP contribution is 2.28. The van der Waals surface area contributed by atoms with E-state index in [9.17, 15) is 8.42 Å². The summed E-state index contributed by atoms with van der Waals surface area (Å²) in [5, 5.41) is 3.29. The Bertz CT molecular complexity index is 567. The smallest absolute Gasteiger partial charge is 0.236 e. The van der Waals surface area contributed by atoms with Gasteiger partial charge in [0.05, 0.1) is 11.4 Å². The van der Waals surface area contributed by atoms with Crippen molar-refractivity contribution in [3.8, 4) is 0 Å². The van der Waals surface area contributed by atoms with E-state index in [4.69, 9.17) is 0 Å². The lowest BCUT2D eigenvalue weighted by Gasteiger charge is -2.24. The minimum atomic E-state index is -3.22. The molecule has 0 radical (unpaired) electrons. The summed E-state index contributed by atoms with van der Waals surface area (Å²) in [6.45, 7) is 1.18. The fraction of sp³-hybridized carbons (Fsp3) is 0.600. The summed E-state index contributed by atoms with van der Waals surface area (Å²) < 4.78 is 26.8. The average Bonchev–Trinajstić information content (AvgIpc) is 3.23. The van der Waals surface area contributed by atoms with Gasteiger partial charge in [-0.3, -0.25) is 4.31 Å². The van der Waals surface area contributed by atoms with Crippen LogP contribution < -0.4 is 9.62 Å². The van der Waals surface area contributed by atoms with Gasteiger partial charge in [-0.15, -0.1) is 0 Å². The van der Waals surface area contributed by atoms with Gasteiger partial charge in [-0.1, -0.05) is 18.2 Å². The molecule has 1 saturated carbocycles. The minimum Gasteiger partial charge on any atom is -0.313 e. The van der Waals surface area contributed by atoms with Crippen molar-refractivity contribution in [2.75, 3.05) is 23.1 Å². The molecule has 110 valence electrons. The highest BCUT2D eigenvalue weighted by Gasteiger charge is 2.27. The molecule has 0 aromatic heterocycles. The van der Waals surface area contributed by atoms with Crippen LogP contribution in [-0.4, -0.2) is 33.3 Å². The Morgan fingerprint density at radius 2 is 2.00 bits per heavy atom. The molecule has 0 amide bonds. The van der Waals surface area contributed by atoms with Gasteiger partial charge in [0.15, 0.2) is 0 Å². The number of sulfonamides is 1. The number of benzene rings is 1. The summed E-state index contributed by atoms with van der Waals surface area (Å²) in [5.41, 5.74) is 2.04. The number of para-hydroxylation sites is 1. The van der Waals surface area contributed by atoms with Gasteiger partial charge in [0.25, 0.3) is 0 Å². The van der Waals surface area contributed by atoms with Gasteiger partial charge in [-0.2, -0.15) is 0 Å². The molecule has 1 N–H and O–H groups in total. The summed E-state index contributed by atoms with van der Waals surface area (Å²) in [7, 11) is -3.22. The minimum absolute atomic E-state index is 0.192. The fourth-order valence-electron chi connectivity index (χ4n) is 2.74. The van der Waals surface area contributed by atoms with Gasteiger partial charge in [-0.25, -0.2) is 8.42 Å². The topological polar surface area (TPSA) is 49.4 Å². The highest BCUT2D eigenvalue weighted by molar-refractivity contribution is 7.92. The summed E-state index contributed by atoms with van der Waals surface area (Å²) >= 11 is 0. The first-order valence-electron chi connectivity index (χ1n) is 7.48. The molecule has 5 heteroatoms. The quantitative estimate of drug-likeness (QED) is 0.902. The molecule has 1 heterocycles. The van der Waals surface area contributed by atoms with Gasteiger partial charge in [-0.05, 0) is 43.7 Å². The molecule has 0 unspecified atom stereocenters. The average molecular weight is 294 g/mol. The number of anilines is 1. The van der Waals surface area contributed by atoms with Crippen LogP contribution in [0.15, 0.2) is 24.3 Å². The fourth-order valence-corrected chi connectivity index (χ4v) is 4.22. The molecule has 0 bridgehead atoms. The van der Waals surface area contributed by atoms with Crippen LogP contribution in [0.3, 0.4) is 0 Å². The lowest BCUT2D eigenvalue weighted by Crippen LogP contribution is -2.37. The molecular formula is C15H22N2O2S. The number of nitrogens with zero attached hydrogens (tertiary/aromatic N) is 1. The lowest BCUT2D eigenvalue weighted by atomic mass is 10.1. The predicted molar refractivity (Wildman–Crippen MR) is 81.5 cm³/mol. The van der Waals surface area contributed by atoms with E-state index in [-0.39, 0.29) is 5.75 Å². The van der Waals surface area contributed by atoms with Gasteiger partial charge in [0.1, 0.15) is 0 Å². The van der Waals surface area contributed by atoms with E-state index in [2.05, 4.69) is 5.32 Å². The van der Waals surface area contributed by atoms with E-state index in [0.717, 1.165) is 30.5 Å². The van der Waals surface area contributed by atoms with Crippen molar-refractivity contribution in [1.29, 1.82) is 0 Å². The molecule has 0 atom stereocenters. The maximum atomic E-state index is 12.6. The zero-order valence-corrected chi connectivity index (χ0v) is 12.5. The van der Waals surface area contributed by atoms with Crippen molar-refractivity contribution < 1.29 is 8.42 Å². The number of hydrogen-bond acceptors (Lipinski definition) is 3. The van der Waals surface area contributed by atoms with E-state index in [1.807, 2.05) is 24.3 Å². The van der Waals surface area contributed by atoms with Gasteiger partial charge in [0.2, 0.25) is 10.0 Å². The first-order chi connectivity index (χ1) is 9.67. The SMILES string of the molecule is O=S(=O)(CCNC1CC1)N1CCCCc2ccccc21. The first kappa shape index (κ1) is 13.9. The molecule has 0 spiro atoms. The second kappa shape index (κ2) is 5.74. The zero-order valence-electron chi connectivity index (χ0n) is 11.7. The van der Waals surface area contributed by atoms with E-state index >= 15 is 0 Å². The van der Waals surface area contributed by atoms with Crippen molar-refractivity contribution in [3.05, 3.63) is 29.8 Å². The molecule has 1 fully saturated rings. The second-order valence-electron chi connectivity index (χ2n) is 5.70. The van der Waals surface area contributed by atoms with E-state index in [0.29, 0.717) is 19.1 Å². The van der Waals surface area contributed by atoms with Crippen molar-refractivity contribution in [2.24, 2.45) is 0 Å². The largest absolute Gasteiger partial charge is 0.313 e. The summed E-state index contributed by atoms with van der Waals surface area (Å²) in [6, 6.07) is 8.46. The first-order valence-corrected chi connectivity index (χ1v) is 9.09. The van der Waals surface area contributed by atoms with Crippen molar-refractivity contribution in [1.82, 2.24) is 5.32 Å². The Morgan fingerprint density at radius 1 is 1.20 bits per heavy atom. The maximum Gasteiger partial charge on any atom is 0.236 e. The van der Waals surface area contributed by atoms with Crippen LogP contribution in [-0.2, 0) is 16.4 Å². The molecule has 1 aromatic carbocycles. The van der Waals surface area contributed by atoms with Crippen LogP contribution in [0.2, 0.25) is 0 Å². The Kier molecular flexibility index (Phi) is 3.98. The third kappa shape index (κ3) is 3.15. The van der Waals surface area contributed by atoms with Gasteiger partial charge < -0.3 is 5.32 Å². The third-order valence-electron chi connectivity index (χ3n) is 4.02. The number of nitrogens with one attached hydrogen (secondary N) is 1. The van der Waals surface area contributed by atoms with Crippen LogP contribution in [0, 0.1) is 0 Å². The molecule has 1 aliphatic heterocycles.